The molecule has 0 aromatic heterocycles. The molecule has 9 heteroatoms. The quantitative estimate of drug-likeness (QED) is 0.640. The van der Waals surface area contributed by atoms with E-state index in [1.807, 2.05) is 0 Å². The third kappa shape index (κ3) is 2.74. The third-order valence-corrected chi connectivity index (χ3v) is 2.08. The van der Waals surface area contributed by atoms with Gasteiger partial charge in [0.1, 0.15) is 0 Å². The Kier molecular flexibility index (Phi) is 3.56. The number of rotatable bonds is 3. The molecular formula is C9H6F3NO5. The van der Waals surface area contributed by atoms with Crippen molar-refractivity contribution in [3.8, 4) is 0 Å². The predicted octanol–water partition coefficient (Wildman–Crippen LogP) is 1.73. The number of non-ortho nitro benzene ring substituents is 1. The minimum Gasteiger partial charge on any atom is -0.479 e. The van der Waals surface area contributed by atoms with E-state index in [2.05, 4.69) is 0 Å². The Labute approximate surface area is 97.4 Å². The van der Waals surface area contributed by atoms with E-state index >= 15 is 0 Å². The average Bonchev–Trinajstić information content (AvgIpc) is 2.25. The molecule has 0 heterocycles. The summed E-state index contributed by atoms with van der Waals surface area (Å²) in [6.07, 6.45) is -7.40. The number of carboxylic acids is 1. The van der Waals surface area contributed by atoms with E-state index in [1.54, 1.807) is 0 Å². The van der Waals surface area contributed by atoms with E-state index < -0.39 is 40.0 Å². The Morgan fingerprint density at radius 2 is 1.94 bits per heavy atom. The van der Waals surface area contributed by atoms with Crippen LogP contribution in [0.1, 0.15) is 17.2 Å². The van der Waals surface area contributed by atoms with Crippen LogP contribution >= 0.6 is 0 Å². The largest absolute Gasteiger partial charge is 0.479 e. The predicted molar refractivity (Wildman–Crippen MR) is 50.7 cm³/mol. The Morgan fingerprint density at radius 3 is 2.33 bits per heavy atom. The standard InChI is InChI=1S/C9H6F3NO5/c10-9(11,12)6-2-1-4(13(17)18)3-5(6)7(14)8(15)16/h1-3,7,14H,(H,15,16). The zero-order valence-corrected chi connectivity index (χ0v) is 8.51. The molecule has 0 amide bonds. The third-order valence-electron chi connectivity index (χ3n) is 2.08. The zero-order chi connectivity index (χ0) is 14.1. The van der Waals surface area contributed by atoms with E-state index in [-0.39, 0.29) is 0 Å². The number of nitro benzene ring substituents is 1. The van der Waals surface area contributed by atoms with Crippen LogP contribution in [0.4, 0.5) is 18.9 Å². The number of halogens is 3. The Morgan fingerprint density at radius 1 is 1.39 bits per heavy atom. The van der Waals surface area contributed by atoms with Crippen LogP contribution in [-0.2, 0) is 11.0 Å². The smallest absolute Gasteiger partial charge is 0.416 e. The summed E-state index contributed by atoms with van der Waals surface area (Å²) in [5.41, 5.74) is -3.23. The number of hydrogen-bond donors (Lipinski definition) is 2. The van der Waals surface area contributed by atoms with Gasteiger partial charge < -0.3 is 10.2 Å². The van der Waals surface area contributed by atoms with E-state index in [0.29, 0.717) is 18.2 Å². The number of alkyl halides is 3. The van der Waals surface area contributed by atoms with Crippen LogP contribution in [0, 0.1) is 10.1 Å². The first kappa shape index (κ1) is 13.9. The van der Waals surface area contributed by atoms with Gasteiger partial charge >= 0.3 is 12.1 Å². The van der Waals surface area contributed by atoms with Crippen molar-refractivity contribution in [3.05, 3.63) is 39.4 Å². The van der Waals surface area contributed by atoms with E-state index in [1.165, 1.54) is 0 Å². The van der Waals surface area contributed by atoms with Gasteiger partial charge in [-0.25, -0.2) is 4.79 Å². The van der Waals surface area contributed by atoms with Crippen LogP contribution in [-0.4, -0.2) is 21.1 Å². The van der Waals surface area contributed by atoms with Crippen molar-refractivity contribution in [3.63, 3.8) is 0 Å². The molecule has 0 spiro atoms. The van der Waals surface area contributed by atoms with Crippen molar-refractivity contribution in [2.75, 3.05) is 0 Å². The van der Waals surface area contributed by atoms with E-state index in [4.69, 9.17) is 10.2 Å². The molecule has 2 N–H and O–H groups in total. The van der Waals surface area contributed by atoms with Gasteiger partial charge in [-0.15, -0.1) is 0 Å². The monoisotopic (exact) mass is 265 g/mol. The highest BCUT2D eigenvalue weighted by molar-refractivity contribution is 5.75. The number of aliphatic carboxylic acids is 1. The number of carboxylic acid groups (broad SMARTS) is 1. The normalized spacial score (nSPS) is 13.1. The highest BCUT2D eigenvalue weighted by atomic mass is 19.4. The topological polar surface area (TPSA) is 101 Å². The lowest BCUT2D eigenvalue weighted by atomic mass is 10.0. The van der Waals surface area contributed by atoms with Crippen LogP contribution in [0.5, 0.6) is 0 Å². The minimum atomic E-state index is -4.92. The number of nitrogens with zero attached hydrogens (tertiary/aromatic N) is 1. The van der Waals surface area contributed by atoms with Gasteiger partial charge in [0.25, 0.3) is 5.69 Å². The number of nitro groups is 1. The van der Waals surface area contributed by atoms with Gasteiger partial charge in [0.05, 0.1) is 10.5 Å². The summed E-state index contributed by atoms with van der Waals surface area (Å²) in [7, 11) is 0. The molecule has 0 saturated heterocycles. The fraction of sp³-hybridized carbons (Fsp3) is 0.222. The van der Waals surface area contributed by atoms with E-state index in [0.717, 1.165) is 0 Å². The van der Waals surface area contributed by atoms with Gasteiger partial charge in [0.15, 0.2) is 6.10 Å². The molecule has 0 aliphatic heterocycles. The first-order valence-corrected chi connectivity index (χ1v) is 4.41. The lowest BCUT2D eigenvalue weighted by Gasteiger charge is -2.14. The molecule has 6 nitrogen and oxygen atoms in total. The summed E-state index contributed by atoms with van der Waals surface area (Å²) in [6, 6.07) is 1.34. The average molecular weight is 265 g/mol. The molecule has 0 saturated carbocycles. The summed E-state index contributed by atoms with van der Waals surface area (Å²) in [5.74, 6) is -1.93. The first-order chi connectivity index (χ1) is 8.14. The zero-order valence-electron chi connectivity index (χ0n) is 8.51. The molecule has 0 aliphatic carbocycles. The van der Waals surface area contributed by atoms with Crippen molar-refractivity contribution in [2.45, 2.75) is 12.3 Å². The second kappa shape index (κ2) is 4.61. The molecule has 1 atom stereocenters. The van der Waals surface area contributed by atoms with Crippen LogP contribution in [0.3, 0.4) is 0 Å². The highest BCUT2D eigenvalue weighted by Crippen LogP contribution is 2.36. The van der Waals surface area contributed by atoms with Crippen molar-refractivity contribution in [1.29, 1.82) is 0 Å². The molecular weight excluding hydrogens is 259 g/mol. The molecule has 18 heavy (non-hydrogen) atoms. The van der Waals surface area contributed by atoms with Crippen LogP contribution in [0.2, 0.25) is 0 Å². The summed E-state index contributed by atoms with van der Waals surface area (Å²) in [5, 5.41) is 28.0. The van der Waals surface area contributed by atoms with Gasteiger partial charge in [-0.1, -0.05) is 0 Å². The molecule has 1 rings (SSSR count). The molecule has 1 aromatic rings. The number of hydrogen-bond acceptors (Lipinski definition) is 4. The summed E-state index contributed by atoms with van der Waals surface area (Å²) in [6.45, 7) is 0. The molecule has 1 unspecified atom stereocenters. The second-order valence-electron chi connectivity index (χ2n) is 3.27. The fourth-order valence-electron chi connectivity index (χ4n) is 1.28. The maximum absolute atomic E-state index is 12.5. The van der Waals surface area contributed by atoms with Crippen molar-refractivity contribution in [2.24, 2.45) is 0 Å². The van der Waals surface area contributed by atoms with E-state index in [9.17, 15) is 28.1 Å². The lowest BCUT2D eigenvalue weighted by Crippen LogP contribution is -2.17. The van der Waals surface area contributed by atoms with Gasteiger partial charge in [-0.05, 0) is 6.07 Å². The maximum atomic E-state index is 12.5. The van der Waals surface area contributed by atoms with Crippen molar-refractivity contribution >= 4 is 11.7 Å². The van der Waals surface area contributed by atoms with Crippen LogP contribution in [0.15, 0.2) is 18.2 Å². The summed E-state index contributed by atoms with van der Waals surface area (Å²) < 4.78 is 37.6. The van der Waals surface area contributed by atoms with Gasteiger partial charge in [0, 0.05) is 17.7 Å². The maximum Gasteiger partial charge on any atom is 0.416 e. The number of carbonyl (C=O) groups is 1. The van der Waals surface area contributed by atoms with Crippen LogP contribution < -0.4 is 0 Å². The SMILES string of the molecule is O=C(O)C(O)c1cc([N+](=O)[O-])ccc1C(F)(F)F. The number of aliphatic hydroxyl groups excluding tert-OH is 1. The van der Waals surface area contributed by atoms with Crippen molar-refractivity contribution in [1.82, 2.24) is 0 Å². The molecule has 0 fully saturated rings. The number of benzene rings is 1. The van der Waals surface area contributed by atoms with Gasteiger partial charge in [-0.3, -0.25) is 10.1 Å². The molecule has 0 bridgehead atoms. The Bertz CT molecular complexity index is 499. The Balaban J connectivity index is 3.45. The molecule has 0 aliphatic rings. The first-order valence-electron chi connectivity index (χ1n) is 4.41. The Hall–Kier alpha value is -2.16. The van der Waals surface area contributed by atoms with Gasteiger partial charge in [0.2, 0.25) is 0 Å². The summed E-state index contributed by atoms with van der Waals surface area (Å²) >= 11 is 0. The van der Waals surface area contributed by atoms with Gasteiger partial charge in [-0.2, -0.15) is 13.2 Å². The van der Waals surface area contributed by atoms with Crippen molar-refractivity contribution < 1.29 is 33.1 Å². The fourth-order valence-corrected chi connectivity index (χ4v) is 1.28. The molecule has 98 valence electrons. The summed E-state index contributed by atoms with van der Waals surface area (Å²) in [4.78, 5) is 19.9. The second-order valence-corrected chi connectivity index (χ2v) is 3.27. The minimum absolute atomic E-state index is 0.361. The lowest BCUT2D eigenvalue weighted by molar-refractivity contribution is -0.385. The van der Waals surface area contributed by atoms with Crippen LogP contribution in [0.25, 0.3) is 0 Å². The number of aliphatic hydroxyl groups is 1. The highest BCUT2D eigenvalue weighted by Gasteiger charge is 2.37. The molecule has 0 radical (unpaired) electrons. The molecule has 1 aromatic carbocycles.